The molecule has 1 aromatic carbocycles. The number of unbranched alkanes of at least 4 members (excludes halogenated alkanes) is 2. The van der Waals surface area contributed by atoms with E-state index in [0.29, 0.717) is 17.9 Å². The number of esters is 1. The first-order valence-electron chi connectivity index (χ1n) is 14.9. The second-order valence-electron chi connectivity index (χ2n) is 12.0. The largest absolute Gasteiger partial charge is 0.426 e. The van der Waals surface area contributed by atoms with Crippen molar-refractivity contribution in [1.82, 2.24) is 0 Å². The highest BCUT2D eigenvalue weighted by atomic mass is 19.2. The van der Waals surface area contributed by atoms with Gasteiger partial charge in [0.05, 0.1) is 12.0 Å². The Balaban J connectivity index is 1.10. The monoisotopic (exact) mass is 522 g/mol. The van der Waals surface area contributed by atoms with Crippen LogP contribution in [0.25, 0.3) is 0 Å². The van der Waals surface area contributed by atoms with E-state index in [0.717, 1.165) is 69.1 Å². The van der Waals surface area contributed by atoms with Gasteiger partial charge in [0.2, 0.25) is 0 Å². The van der Waals surface area contributed by atoms with Gasteiger partial charge >= 0.3 is 5.97 Å². The maximum atomic E-state index is 13.4. The van der Waals surface area contributed by atoms with Crippen molar-refractivity contribution in [2.75, 3.05) is 6.61 Å². The van der Waals surface area contributed by atoms with E-state index in [1.807, 2.05) is 0 Å². The third-order valence-electron chi connectivity index (χ3n) is 9.42. The van der Waals surface area contributed by atoms with Crippen LogP contribution in [0.2, 0.25) is 0 Å². The van der Waals surface area contributed by atoms with E-state index >= 15 is 0 Å². The zero-order chi connectivity index (χ0) is 26.2. The SMILES string of the molecule is CCCCC[C@H]1CC[C@H](CO[C@H]2CC[C@H]([C@H]3CC[C@H](C(=O)Oc4cc(F)c(F)c(F)c4)CC3)CC2)CC1. The maximum Gasteiger partial charge on any atom is 0.314 e. The predicted octanol–water partition coefficient (Wildman–Crippen LogP) is 8.78. The molecule has 0 aliphatic heterocycles. The lowest BCUT2D eigenvalue weighted by molar-refractivity contribution is -0.140. The van der Waals surface area contributed by atoms with Gasteiger partial charge in [-0.25, -0.2) is 13.2 Å². The molecule has 3 aliphatic rings. The van der Waals surface area contributed by atoms with Crippen LogP contribution in [0, 0.1) is 47.0 Å². The third-order valence-corrected chi connectivity index (χ3v) is 9.42. The fourth-order valence-electron chi connectivity index (χ4n) is 6.99. The first-order valence-corrected chi connectivity index (χ1v) is 14.9. The molecule has 3 saturated carbocycles. The number of benzene rings is 1. The average Bonchev–Trinajstić information content (AvgIpc) is 2.92. The van der Waals surface area contributed by atoms with Crippen LogP contribution in [-0.2, 0) is 9.53 Å². The molecule has 3 nitrogen and oxygen atoms in total. The molecule has 0 amide bonds. The third kappa shape index (κ3) is 8.21. The van der Waals surface area contributed by atoms with E-state index in [9.17, 15) is 18.0 Å². The quantitative estimate of drug-likeness (QED) is 0.133. The molecule has 1 aromatic rings. The van der Waals surface area contributed by atoms with Crippen LogP contribution in [-0.4, -0.2) is 18.7 Å². The highest BCUT2D eigenvalue weighted by Crippen LogP contribution is 2.41. The molecule has 3 aliphatic carbocycles. The van der Waals surface area contributed by atoms with Crippen LogP contribution < -0.4 is 4.74 Å². The Hall–Kier alpha value is -1.56. The van der Waals surface area contributed by atoms with Crippen molar-refractivity contribution < 1.29 is 27.4 Å². The molecule has 4 rings (SSSR count). The molecule has 0 bridgehead atoms. The Morgan fingerprint density at radius 2 is 1.35 bits per heavy atom. The summed E-state index contributed by atoms with van der Waals surface area (Å²) in [5, 5.41) is 0. The molecule has 0 atom stereocenters. The van der Waals surface area contributed by atoms with Crippen molar-refractivity contribution in [3.05, 3.63) is 29.6 Å². The number of ether oxygens (including phenoxy) is 2. The summed E-state index contributed by atoms with van der Waals surface area (Å²) in [7, 11) is 0. The van der Waals surface area contributed by atoms with Gasteiger partial charge in [0.15, 0.2) is 17.5 Å². The van der Waals surface area contributed by atoms with Gasteiger partial charge in [0, 0.05) is 18.7 Å². The van der Waals surface area contributed by atoms with Gasteiger partial charge in [-0.05, 0) is 87.9 Å². The fourth-order valence-corrected chi connectivity index (χ4v) is 6.99. The van der Waals surface area contributed by atoms with E-state index in [4.69, 9.17) is 9.47 Å². The van der Waals surface area contributed by atoms with Gasteiger partial charge in [0.1, 0.15) is 5.75 Å². The van der Waals surface area contributed by atoms with Gasteiger partial charge in [0.25, 0.3) is 0 Å². The van der Waals surface area contributed by atoms with Crippen molar-refractivity contribution >= 4 is 5.97 Å². The summed E-state index contributed by atoms with van der Waals surface area (Å²) in [6.45, 7) is 3.21. The molecule has 3 fully saturated rings. The van der Waals surface area contributed by atoms with E-state index in [2.05, 4.69) is 6.92 Å². The summed E-state index contributed by atoms with van der Waals surface area (Å²) >= 11 is 0. The molecule has 0 spiro atoms. The molecule has 0 unspecified atom stereocenters. The molecule has 37 heavy (non-hydrogen) atoms. The zero-order valence-electron chi connectivity index (χ0n) is 22.5. The number of hydrogen-bond acceptors (Lipinski definition) is 3. The standard InChI is InChI=1S/C31H45F3O3/c1-2-3-4-5-21-6-8-22(9-7-21)20-36-26-16-14-24(15-17-26)23-10-12-25(13-11-23)31(35)37-27-18-28(32)30(34)29(33)19-27/h18-19,21-26H,2-17,20H2,1H3/t21-,22-,23-,24-,25-,26-. The van der Waals surface area contributed by atoms with Gasteiger partial charge in [-0.2, -0.15) is 0 Å². The van der Waals surface area contributed by atoms with Gasteiger partial charge in [-0.1, -0.05) is 45.4 Å². The van der Waals surface area contributed by atoms with E-state index in [-0.39, 0.29) is 11.7 Å². The van der Waals surface area contributed by atoms with Gasteiger partial charge in [-0.3, -0.25) is 4.79 Å². The molecule has 0 aromatic heterocycles. The summed E-state index contributed by atoms with van der Waals surface area (Å²) in [6.07, 6.45) is 19.4. The van der Waals surface area contributed by atoms with Crippen molar-refractivity contribution in [2.45, 2.75) is 116 Å². The molecule has 0 radical (unpaired) electrons. The van der Waals surface area contributed by atoms with E-state index < -0.39 is 23.4 Å². The smallest absolute Gasteiger partial charge is 0.314 e. The first kappa shape index (κ1) is 28.4. The Bertz CT molecular complexity index is 828. The zero-order valence-corrected chi connectivity index (χ0v) is 22.5. The molecular formula is C31H45F3O3. The van der Waals surface area contributed by atoms with E-state index in [1.165, 1.54) is 64.2 Å². The Kier molecular flexibility index (Phi) is 10.8. The number of carbonyl (C=O) groups is 1. The highest BCUT2D eigenvalue weighted by molar-refractivity contribution is 5.75. The molecule has 0 N–H and O–H groups in total. The second kappa shape index (κ2) is 14.0. The van der Waals surface area contributed by atoms with E-state index in [1.54, 1.807) is 0 Å². The second-order valence-corrected chi connectivity index (χ2v) is 12.0. The number of carbonyl (C=O) groups excluding carboxylic acids is 1. The predicted molar refractivity (Wildman–Crippen MR) is 139 cm³/mol. The summed E-state index contributed by atoms with van der Waals surface area (Å²) in [4.78, 5) is 12.5. The normalized spacial score (nSPS) is 30.7. The minimum absolute atomic E-state index is 0.270. The average molecular weight is 523 g/mol. The van der Waals surface area contributed by atoms with Crippen molar-refractivity contribution in [1.29, 1.82) is 0 Å². The topological polar surface area (TPSA) is 35.5 Å². The molecular weight excluding hydrogens is 477 g/mol. The minimum atomic E-state index is -1.55. The molecule has 6 heteroatoms. The van der Waals surface area contributed by atoms with Gasteiger partial charge in [-0.15, -0.1) is 0 Å². The van der Waals surface area contributed by atoms with Crippen molar-refractivity contribution in [2.24, 2.45) is 29.6 Å². The lowest BCUT2D eigenvalue weighted by Crippen LogP contribution is -2.32. The minimum Gasteiger partial charge on any atom is -0.426 e. The van der Waals surface area contributed by atoms with Crippen LogP contribution in [0.1, 0.15) is 110 Å². The fraction of sp³-hybridized carbons (Fsp3) is 0.774. The Morgan fingerprint density at radius 1 is 0.784 bits per heavy atom. The number of halogens is 3. The summed E-state index contributed by atoms with van der Waals surface area (Å²) in [6, 6.07) is 1.45. The Labute approximate surface area is 220 Å². The van der Waals surface area contributed by atoms with Crippen LogP contribution in [0.3, 0.4) is 0 Å². The van der Waals surface area contributed by atoms with Gasteiger partial charge < -0.3 is 9.47 Å². The Morgan fingerprint density at radius 3 is 1.95 bits per heavy atom. The van der Waals surface area contributed by atoms with Crippen molar-refractivity contribution in [3.8, 4) is 5.75 Å². The highest BCUT2D eigenvalue weighted by Gasteiger charge is 2.34. The lowest BCUT2D eigenvalue weighted by Gasteiger charge is -2.37. The summed E-state index contributed by atoms with van der Waals surface area (Å²) < 4.78 is 51.5. The van der Waals surface area contributed by atoms with Crippen LogP contribution in [0.5, 0.6) is 5.75 Å². The number of hydrogen-bond donors (Lipinski definition) is 0. The molecule has 0 saturated heterocycles. The number of rotatable bonds is 10. The summed E-state index contributed by atoms with van der Waals surface area (Å²) in [5.74, 6) is -2.27. The summed E-state index contributed by atoms with van der Waals surface area (Å²) in [5.41, 5.74) is 0. The first-order chi connectivity index (χ1) is 17.9. The van der Waals surface area contributed by atoms with Crippen molar-refractivity contribution in [3.63, 3.8) is 0 Å². The van der Waals surface area contributed by atoms with Crippen LogP contribution in [0.4, 0.5) is 13.2 Å². The van der Waals surface area contributed by atoms with Crippen LogP contribution in [0.15, 0.2) is 12.1 Å². The lowest BCUT2D eigenvalue weighted by atomic mass is 9.70. The van der Waals surface area contributed by atoms with Crippen LogP contribution >= 0.6 is 0 Å². The molecule has 0 heterocycles. The maximum absolute atomic E-state index is 13.4. The molecule has 208 valence electrons.